The molecule has 1 unspecified atom stereocenters. The number of amides is 1. The van der Waals surface area contributed by atoms with Crippen molar-refractivity contribution in [2.24, 2.45) is 0 Å². The van der Waals surface area contributed by atoms with E-state index in [0.717, 1.165) is 25.7 Å². The fourth-order valence-electron chi connectivity index (χ4n) is 3.00. The average molecular weight is 494 g/mol. The third-order valence-electron chi connectivity index (χ3n) is 4.86. The van der Waals surface area contributed by atoms with Crippen molar-refractivity contribution in [3.8, 4) is 5.75 Å². The van der Waals surface area contributed by atoms with Crippen molar-refractivity contribution in [3.63, 3.8) is 0 Å². The number of hydroxylamine groups is 1. The van der Waals surface area contributed by atoms with Crippen LogP contribution >= 0.6 is 0 Å². The van der Waals surface area contributed by atoms with Gasteiger partial charge in [-0.15, -0.1) is 0 Å². The average Bonchev–Trinajstić information content (AvgIpc) is 2.77. The van der Waals surface area contributed by atoms with Gasteiger partial charge < -0.3 is 4.74 Å². The van der Waals surface area contributed by atoms with Gasteiger partial charge in [-0.05, 0) is 30.7 Å². The molecule has 0 aliphatic rings. The summed E-state index contributed by atoms with van der Waals surface area (Å²) < 4.78 is 58.8. The van der Waals surface area contributed by atoms with E-state index in [4.69, 9.17) is 9.94 Å². The zero-order chi connectivity index (χ0) is 24.0. The van der Waals surface area contributed by atoms with Crippen LogP contribution in [0.15, 0.2) is 29.2 Å². The molecule has 184 valence electrons. The van der Waals surface area contributed by atoms with E-state index >= 15 is 0 Å². The third-order valence-corrected chi connectivity index (χ3v) is 7.77. The Balaban J connectivity index is 2.59. The maximum atomic E-state index is 12.4. The van der Waals surface area contributed by atoms with Crippen molar-refractivity contribution in [3.05, 3.63) is 24.3 Å². The summed E-state index contributed by atoms with van der Waals surface area (Å²) in [5.41, 5.74) is 1.36. The molecule has 0 aromatic heterocycles. The molecule has 1 aromatic carbocycles. The molecule has 1 aromatic rings. The van der Waals surface area contributed by atoms with Crippen molar-refractivity contribution in [1.29, 1.82) is 0 Å². The minimum atomic E-state index is -4.01. The first-order chi connectivity index (χ1) is 15.1. The summed E-state index contributed by atoms with van der Waals surface area (Å²) in [6, 6.07) is 4.04. The van der Waals surface area contributed by atoms with Gasteiger partial charge in [0.25, 0.3) is 5.91 Å². The first-order valence-electron chi connectivity index (χ1n) is 10.7. The minimum absolute atomic E-state index is 0.0803. The highest BCUT2D eigenvalue weighted by atomic mass is 32.2. The number of rotatable bonds is 17. The minimum Gasteiger partial charge on any atom is -0.497 e. The van der Waals surface area contributed by atoms with Gasteiger partial charge in [-0.25, -0.2) is 31.8 Å². The topological polar surface area (TPSA) is 151 Å². The maximum Gasteiger partial charge on any atom is 0.262 e. The van der Waals surface area contributed by atoms with Crippen molar-refractivity contribution >= 4 is 26.0 Å². The summed E-state index contributed by atoms with van der Waals surface area (Å²) in [6.45, 7) is 1.57. The summed E-state index contributed by atoms with van der Waals surface area (Å²) >= 11 is 0. The largest absolute Gasteiger partial charge is 0.497 e. The van der Waals surface area contributed by atoms with Crippen LogP contribution in [-0.4, -0.2) is 53.4 Å². The van der Waals surface area contributed by atoms with Crippen molar-refractivity contribution in [1.82, 2.24) is 14.9 Å². The highest BCUT2D eigenvalue weighted by molar-refractivity contribution is 7.89. The van der Waals surface area contributed by atoms with E-state index in [1.165, 1.54) is 56.1 Å². The number of hydrogen-bond acceptors (Lipinski definition) is 7. The molecule has 4 N–H and O–H groups in total. The summed E-state index contributed by atoms with van der Waals surface area (Å²) in [5, 5.41) is 8.92. The first kappa shape index (κ1) is 28.3. The molecule has 0 spiro atoms. The molecule has 1 rings (SSSR count). The second-order valence-corrected chi connectivity index (χ2v) is 11.1. The number of nitrogens with one attached hydrogen (secondary N) is 3. The van der Waals surface area contributed by atoms with Crippen LogP contribution in [0.5, 0.6) is 5.75 Å². The van der Waals surface area contributed by atoms with Crippen LogP contribution < -0.4 is 19.7 Å². The summed E-state index contributed by atoms with van der Waals surface area (Å²) in [4.78, 5) is 11.8. The Hall–Kier alpha value is -1.73. The second-order valence-electron chi connectivity index (χ2n) is 7.47. The maximum absolute atomic E-state index is 12.4. The van der Waals surface area contributed by atoms with E-state index < -0.39 is 38.5 Å². The number of carbonyl (C=O) groups excluding carboxylic acids is 1. The van der Waals surface area contributed by atoms with E-state index in [1.54, 1.807) is 0 Å². The lowest BCUT2D eigenvalue weighted by atomic mass is 10.1. The van der Waals surface area contributed by atoms with E-state index in [-0.39, 0.29) is 10.6 Å². The van der Waals surface area contributed by atoms with Crippen molar-refractivity contribution in [2.75, 3.05) is 19.4 Å². The SMILES string of the molecule is CCCCCCCCCCS(=O)(=O)NC(CNS(=O)(=O)c1ccc(OC)cc1)C(=O)NO. The number of carbonyl (C=O) groups is 1. The Labute approximate surface area is 191 Å². The lowest BCUT2D eigenvalue weighted by Gasteiger charge is -2.17. The number of ether oxygens (including phenoxy) is 1. The zero-order valence-corrected chi connectivity index (χ0v) is 20.3. The van der Waals surface area contributed by atoms with Gasteiger partial charge in [0.2, 0.25) is 20.0 Å². The van der Waals surface area contributed by atoms with E-state index in [1.807, 2.05) is 0 Å². The molecule has 0 heterocycles. The van der Waals surface area contributed by atoms with E-state index in [9.17, 15) is 21.6 Å². The molecule has 0 radical (unpaired) electrons. The number of hydrogen-bond donors (Lipinski definition) is 4. The second kappa shape index (κ2) is 14.4. The number of benzene rings is 1. The Morgan fingerprint density at radius 1 is 0.969 bits per heavy atom. The summed E-state index contributed by atoms with van der Waals surface area (Å²) in [7, 11) is -6.42. The van der Waals surface area contributed by atoms with E-state index in [2.05, 4.69) is 16.4 Å². The highest BCUT2D eigenvalue weighted by Crippen LogP contribution is 2.15. The molecule has 0 aliphatic heterocycles. The zero-order valence-electron chi connectivity index (χ0n) is 18.7. The fraction of sp³-hybridized carbons (Fsp3) is 0.650. The number of methoxy groups -OCH3 is 1. The molecular weight excluding hydrogens is 458 g/mol. The van der Waals surface area contributed by atoms with Gasteiger partial charge in [0, 0.05) is 6.54 Å². The molecule has 10 nitrogen and oxygen atoms in total. The normalized spacial score (nSPS) is 13.0. The predicted octanol–water partition coefficient (Wildman–Crippen LogP) is 1.91. The van der Waals surface area contributed by atoms with Crippen LogP contribution in [0.25, 0.3) is 0 Å². The standard InChI is InChI=1S/C20H35N3O7S2/c1-3-4-5-6-7-8-9-10-15-31(26,27)23-19(20(24)22-25)16-21-32(28,29)18-13-11-17(30-2)12-14-18/h11-14,19,21,23,25H,3-10,15-16H2,1-2H3,(H,22,24). The molecule has 32 heavy (non-hydrogen) atoms. The van der Waals surface area contributed by atoms with Crippen LogP contribution in [0.4, 0.5) is 0 Å². The molecule has 12 heteroatoms. The Morgan fingerprint density at radius 2 is 1.53 bits per heavy atom. The fourth-order valence-corrected chi connectivity index (χ4v) is 5.37. The van der Waals surface area contributed by atoms with E-state index in [0.29, 0.717) is 12.2 Å². The third kappa shape index (κ3) is 10.7. The highest BCUT2D eigenvalue weighted by Gasteiger charge is 2.26. The Morgan fingerprint density at radius 3 is 2.06 bits per heavy atom. The van der Waals surface area contributed by atoms with Crippen LogP contribution in [0, 0.1) is 0 Å². The smallest absolute Gasteiger partial charge is 0.262 e. The van der Waals surface area contributed by atoms with Gasteiger partial charge in [-0.2, -0.15) is 0 Å². The summed E-state index contributed by atoms with van der Waals surface area (Å²) in [6.07, 6.45) is 7.84. The Bertz CT molecular complexity index is 888. The Kier molecular flexibility index (Phi) is 12.8. The summed E-state index contributed by atoms with van der Waals surface area (Å²) in [5.74, 6) is -0.792. The lowest BCUT2D eigenvalue weighted by Crippen LogP contribution is -2.52. The van der Waals surface area contributed by atoms with Crippen LogP contribution in [-0.2, 0) is 24.8 Å². The van der Waals surface area contributed by atoms with Crippen LogP contribution in [0.2, 0.25) is 0 Å². The van der Waals surface area contributed by atoms with Crippen molar-refractivity contribution < 1.29 is 31.6 Å². The quantitative estimate of drug-likeness (QED) is 0.147. The van der Waals surface area contributed by atoms with Crippen molar-refractivity contribution in [2.45, 2.75) is 69.2 Å². The van der Waals surface area contributed by atoms with Gasteiger partial charge >= 0.3 is 0 Å². The predicted molar refractivity (Wildman–Crippen MR) is 121 cm³/mol. The van der Waals surface area contributed by atoms with Gasteiger partial charge in [0.05, 0.1) is 17.8 Å². The number of sulfonamides is 2. The molecule has 0 aliphatic carbocycles. The molecule has 0 saturated carbocycles. The molecule has 0 bridgehead atoms. The molecule has 0 saturated heterocycles. The van der Waals surface area contributed by atoms with Gasteiger partial charge in [-0.1, -0.05) is 51.9 Å². The van der Waals surface area contributed by atoms with Gasteiger partial charge in [-0.3, -0.25) is 10.0 Å². The lowest BCUT2D eigenvalue weighted by molar-refractivity contribution is -0.130. The molecule has 0 fully saturated rings. The number of unbranched alkanes of at least 4 members (excludes halogenated alkanes) is 7. The van der Waals surface area contributed by atoms with Crippen LogP contribution in [0.1, 0.15) is 58.3 Å². The first-order valence-corrected chi connectivity index (χ1v) is 13.9. The van der Waals surface area contributed by atoms with Crippen LogP contribution in [0.3, 0.4) is 0 Å². The van der Waals surface area contributed by atoms with Gasteiger partial charge in [0.15, 0.2) is 0 Å². The molecular formula is C20H35N3O7S2. The van der Waals surface area contributed by atoms with Gasteiger partial charge in [0.1, 0.15) is 11.8 Å². The molecule has 1 amide bonds. The molecule has 1 atom stereocenters. The monoisotopic (exact) mass is 493 g/mol.